The number of ether oxygens (including phenoxy) is 1. The molecule has 1 aliphatic rings. The number of hydrogen-bond donors (Lipinski definition) is 1. The van der Waals surface area contributed by atoms with Crippen LogP contribution in [0.1, 0.15) is 11.5 Å². The van der Waals surface area contributed by atoms with Crippen molar-refractivity contribution in [1.82, 2.24) is 0 Å². The minimum Gasteiger partial charge on any atom is -0.465 e. The molecule has 1 aliphatic heterocycles. The van der Waals surface area contributed by atoms with Gasteiger partial charge in [-0.3, -0.25) is 4.79 Å². The van der Waals surface area contributed by atoms with Gasteiger partial charge in [-0.15, -0.1) is 0 Å². The van der Waals surface area contributed by atoms with E-state index in [0.29, 0.717) is 13.2 Å². The number of hydrogen-bond acceptors (Lipinski definition) is 3. The van der Waals surface area contributed by atoms with Crippen molar-refractivity contribution in [2.24, 2.45) is 11.7 Å². The molecule has 1 saturated heterocycles. The molecule has 1 aromatic rings. The summed E-state index contributed by atoms with van der Waals surface area (Å²) in [7, 11) is 0. The van der Waals surface area contributed by atoms with E-state index in [1.54, 1.807) is 0 Å². The molecular formula is C11H13NO2. The van der Waals surface area contributed by atoms with Crippen LogP contribution in [0.15, 0.2) is 30.3 Å². The van der Waals surface area contributed by atoms with Crippen LogP contribution in [0.5, 0.6) is 0 Å². The Morgan fingerprint density at radius 3 is 2.71 bits per heavy atom. The average Bonchev–Trinajstić information content (AvgIpc) is 2.61. The summed E-state index contributed by atoms with van der Waals surface area (Å²) in [6.45, 7) is 0.945. The van der Waals surface area contributed by atoms with Crippen LogP contribution in [-0.4, -0.2) is 19.1 Å². The molecule has 1 heterocycles. The molecule has 2 atom stereocenters. The van der Waals surface area contributed by atoms with Crippen LogP contribution in [0.2, 0.25) is 0 Å². The highest BCUT2D eigenvalue weighted by Gasteiger charge is 2.36. The highest BCUT2D eigenvalue weighted by molar-refractivity contribution is 5.80. The summed E-state index contributed by atoms with van der Waals surface area (Å²) in [6.07, 6.45) is 0. The molecule has 2 rings (SSSR count). The first-order valence-corrected chi connectivity index (χ1v) is 4.74. The summed E-state index contributed by atoms with van der Waals surface area (Å²) in [5.74, 6) is -0.183. The van der Waals surface area contributed by atoms with E-state index in [1.165, 1.54) is 0 Å². The van der Waals surface area contributed by atoms with Crippen LogP contribution in [0.4, 0.5) is 0 Å². The van der Waals surface area contributed by atoms with Gasteiger partial charge >= 0.3 is 5.97 Å². The number of carbonyl (C=O) groups excluding carboxylic acids is 1. The molecule has 3 nitrogen and oxygen atoms in total. The van der Waals surface area contributed by atoms with E-state index in [-0.39, 0.29) is 17.8 Å². The van der Waals surface area contributed by atoms with Gasteiger partial charge in [-0.1, -0.05) is 30.3 Å². The number of nitrogens with two attached hydrogens (primary N) is 1. The molecule has 0 aliphatic carbocycles. The largest absolute Gasteiger partial charge is 0.465 e. The predicted molar refractivity (Wildman–Crippen MR) is 52.7 cm³/mol. The summed E-state index contributed by atoms with van der Waals surface area (Å²) in [4.78, 5) is 11.5. The average molecular weight is 191 g/mol. The lowest BCUT2D eigenvalue weighted by Gasteiger charge is -2.12. The Labute approximate surface area is 82.9 Å². The minimum atomic E-state index is -0.166. The maximum atomic E-state index is 11.5. The first-order chi connectivity index (χ1) is 6.83. The van der Waals surface area contributed by atoms with Crippen molar-refractivity contribution in [2.45, 2.75) is 5.92 Å². The van der Waals surface area contributed by atoms with Gasteiger partial charge in [0.2, 0.25) is 0 Å². The second kappa shape index (κ2) is 3.80. The molecule has 14 heavy (non-hydrogen) atoms. The maximum Gasteiger partial charge on any atom is 0.313 e. The van der Waals surface area contributed by atoms with Crippen molar-refractivity contribution in [3.63, 3.8) is 0 Å². The van der Waals surface area contributed by atoms with Gasteiger partial charge in [-0.25, -0.2) is 0 Å². The topological polar surface area (TPSA) is 52.3 Å². The zero-order valence-electron chi connectivity index (χ0n) is 7.85. The van der Waals surface area contributed by atoms with Gasteiger partial charge in [0.05, 0.1) is 12.5 Å². The van der Waals surface area contributed by atoms with Crippen molar-refractivity contribution in [3.05, 3.63) is 35.9 Å². The lowest BCUT2D eigenvalue weighted by molar-refractivity contribution is -0.139. The number of rotatable bonds is 2. The van der Waals surface area contributed by atoms with Gasteiger partial charge in [-0.05, 0) is 12.1 Å². The highest BCUT2D eigenvalue weighted by atomic mass is 16.5. The second-order valence-corrected chi connectivity index (χ2v) is 3.51. The Hall–Kier alpha value is -1.35. The van der Waals surface area contributed by atoms with Crippen molar-refractivity contribution >= 4 is 5.97 Å². The zero-order chi connectivity index (χ0) is 9.97. The molecule has 1 aromatic carbocycles. The molecule has 2 N–H and O–H groups in total. The van der Waals surface area contributed by atoms with Gasteiger partial charge in [0.15, 0.2) is 0 Å². The number of carbonyl (C=O) groups is 1. The third-order valence-corrected chi connectivity index (χ3v) is 2.63. The third-order valence-electron chi connectivity index (χ3n) is 2.63. The van der Waals surface area contributed by atoms with Gasteiger partial charge in [0, 0.05) is 5.92 Å². The van der Waals surface area contributed by atoms with Gasteiger partial charge < -0.3 is 10.5 Å². The number of benzene rings is 1. The van der Waals surface area contributed by atoms with E-state index in [9.17, 15) is 4.79 Å². The highest BCUT2D eigenvalue weighted by Crippen LogP contribution is 2.31. The molecule has 3 heteroatoms. The van der Waals surface area contributed by atoms with Gasteiger partial charge in [-0.2, -0.15) is 0 Å². The van der Waals surface area contributed by atoms with Crippen molar-refractivity contribution in [3.8, 4) is 0 Å². The fourth-order valence-electron chi connectivity index (χ4n) is 1.84. The van der Waals surface area contributed by atoms with Gasteiger partial charge in [0.25, 0.3) is 0 Å². The molecule has 0 amide bonds. The standard InChI is InChI=1S/C11H13NO2/c12-6-9-7-14-11(13)10(9)8-4-2-1-3-5-8/h1-5,9-10H,6-7,12H2. The summed E-state index contributed by atoms with van der Waals surface area (Å²) >= 11 is 0. The van der Waals surface area contributed by atoms with Crippen LogP contribution in [0, 0.1) is 5.92 Å². The minimum absolute atomic E-state index is 0.130. The molecule has 74 valence electrons. The Morgan fingerprint density at radius 2 is 2.07 bits per heavy atom. The van der Waals surface area contributed by atoms with Crippen LogP contribution < -0.4 is 5.73 Å². The zero-order valence-corrected chi connectivity index (χ0v) is 7.85. The fraction of sp³-hybridized carbons (Fsp3) is 0.364. The Kier molecular flexibility index (Phi) is 2.50. The molecule has 0 radical (unpaired) electrons. The Bertz CT molecular complexity index is 323. The monoisotopic (exact) mass is 191 g/mol. The molecule has 0 bridgehead atoms. The summed E-state index contributed by atoms with van der Waals surface area (Å²) < 4.78 is 5.00. The molecule has 0 aromatic heterocycles. The smallest absolute Gasteiger partial charge is 0.313 e. The van der Waals surface area contributed by atoms with E-state index in [1.807, 2.05) is 30.3 Å². The van der Waals surface area contributed by atoms with E-state index < -0.39 is 0 Å². The number of esters is 1. The molecule has 0 saturated carbocycles. The summed E-state index contributed by atoms with van der Waals surface area (Å²) in [5, 5.41) is 0. The first-order valence-electron chi connectivity index (χ1n) is 4.74. The Balaban J connectivity index is 2.28. The molecule has 0 spiro atoms. The van der Waals surface area contributed by atoms with Crippen LogP contribution in [0.25, 0.3) is 0 Å². The summed E-state index contributed by atoms with van der Waals surface area (Å²) in [6, 6.07) is 9.67. The normalized spacial score (nSPS) is 26.2. The molecule has 1 fully saturated rings. The van der Waals surface area contributed by atoms with Crippen molar-refractivity contribution in [1.29, 1.82) is 0 Å². The van der Waals surface area contributed by atoms with Crippen LogP contribution in [-0.2, 0) is 9.53 Å². The van der Waals surface area contributed by atoms with E-state index in [4.69, 9.17) is 10.5 Å². The van der Waals surface area contributed by atoms with Crippen LogP contribution in [0.3, 0.4) is 0 Å². The fourth-order valence-corrected chi connectivity index (χ4v) is 1.84. The van der Waals surface area contributed by atoms with Crippen molar-refractivity contribution in [2.75, 3.05) is 13.2 Å². The van der Waals surface area contributed by atoms with Crippen molar-refractivity contribution < 1.29 is 9.53 Å². The summed E-state index contributed by atoms with van der Waals surface area (Å²) in [5.41, 5.74) is 6.60. The lowest BCUT2D eigenvalue weighted by atomic mass is 9.89. The van der Waals surface area contributed by atoms with E-state index >= 15 is 0 Å². The quantitative estimate of drug-likeness (QED) is 0.707. The van der Waals surface area contributed by atoms with E-state index in [0.717, 1.165) is 5.56 Å². The predicted octanol–water partition coefficient (Wildman–Crippen LogP) is 0.902. The number of cyclic esters (lactones) is 1. The Morgan fingerprint density at radius 1 is 1.36 bits per heavy atom. The van der Waals surface area contributed by atoms with Gasteiger partial charge in [0.1, 0.15) is 0 Å². The molecular weight excluding hydrogens is 178 g/mol. The van der Waals surface area contributed by atoms with E-state index in [2.05, 4.69) is 0 Å². The molecule has 2 unspecified atom stereocenters. The SMILES string of the molecule is NCC1COC(=O)C1c1ccccc1. The maximum absolute atomic E-state index is 11.5. The second-order valence-electron chi connectivity index (χ2n) is 3.51. The van der Waals surface area contributed by atoms with Crippen LogP contribution >= 0.6 is 0 Å². The lowest BCUT2D eigenvalue weighted by Crippen LogP contribution is -2.21. The first kappa shape index (κ1) is 9.21. The third kappa shape index (κ3) is 1.51.